The largest absolute Gasteiger partial charge is 0.456 e. The first-order valence-electron chi connectivity index (χ1n) is 14.9. The van der Waals surface area contributed by atoms with Crippen LogP contribution < -0.4 is 15.0 Å². The van der Waals surface area contributed by atoms with Gasteiger partial charge in [0.2, 0.25) is 0 Å². The summed E-state index contributed by atoms with van der Waals surface area (Å²) in [7, 11) is 0. The number of carbonyl (C=O) groups excluding carboxylic acids is 1. The zero-order valence-electron chi connectivity index (χ0n) is 24.9. The van der Waals surface area contributed by atoms with Crippen LogP contribution in [0.4, 0.5) is 22.7 Å². The number of anilines is 4. The molecule has 214 valence electrons. The van der Waals surface area contributed by atoms with E-state index in [0.717, 1.165) is 58.0 Å². The summed E-state index contributed by atoms with van der Waals surface area (Å²) < 4.78 is 13.1. The van der Waals surface area contributed by atoms with Gasteiger partial charge in [-0.1, -0.05) is 55.0 Å². The number of hydrogen-bond acceptors (Lipinski definition) is 5. The second-order valence-electron chi connectivity index (χ2n) is 11.3. The fraction of sp³-hybridized carbons (Fsp3) is 0.184. The van der Waals surface area contributed by atoms with Gasteiger partial charge in [0.1, 0.15) is 11.5 Å². The molecule has 5 heteroatoms. The Morgan fingerprint density at radius 3 is 2.21 bits per heavy atom. The van der Waals surface area contributed by atoms with Crippen LogP contribution in [0, 0.1) is 13.8 Å². The van der Waals surface area contributed by atoms with Gasteiger partial charge < -0.3 is 19.7 Å². The van der Waals surface area contributed by atoms with E-state index in [0.29, 0.717) is 17.1 Å². The minimum atomic E-state index is -1.13. The lowest BCUT2D eigenvalue weighted by Gasteiger charge is -2.38. The zero-order valence-corrected chi connectivity index (χ0v) is 24.9. The SMILES string of the molecule is CCc1ccc(N(CC)c2ccc3c(c2)Oc2cc(C)c(Nc4ccc(C)cc4)cc2C32OC(=O)c3ccccc32)cc1. The molecule has 7 rings (SSSR count). The molecule has 5 aromatic carbocycles. The number of rotatable bonds is 6. The highest BCUT2D eigenvalue weighted by Gasteiger charge is 2.53. The minimum absolute atomic E-state index is 0.335. The van der Waals surface area contributed by atoms with Crippen LogP contribution in [-0.4, -0.2) is 12.5 Å². The average molecular weight is 567 g/mol. The monoisotopic (exact) mass is 566 g/mol. The molecule has 2 aliphatic heterocycles. The molecule has 1 N–H and O–H groups in total. The van der Waals surface area contributed by atoms with Crippen LogP contribution in [0.1, 0.15) is 57.6 Å². The molecule has 43 heavy (non-hydrogen) atoms. The van der Waals surface area contributed by atoms with Gasteiger partial charge in [0.15, 0.2) is 5.60 Å². The van der Waals surface area contributed by atoms with Gasteiger partial charge in [0, 0.05) is 52.1 Å². The first-order chi connectivity index (χ1) is 20.9. The highest BCUT2D eigenvalue weighted by atomic mass is 16.6. The smallest absolute Gasteiger partial charge is 0.340 e. The normalized spacial score (nSPS) is 16.1. The van der Waals surface area contributed by atoms with Gasteiger partial charge in [0.05, 0.1) is 5.56 Å². The van der Waals surface area contributed by atoms with Crippen molar-refractivity contribution in [2.45, 2.75) is 39.7 Å². The van der Waals surface area contributed by atoms with Gasteiger partial charge in [-0.25, -0.2) is 4.79 Å². The molecule has 0 fully saturated rings. The third-order valence-corrected chi connectivity index (χ3v) is 8.66. The van der Waals surface area contributed by atoms with Crippen molar-refractivity contribution in [3.63, 3.8) is 0 Å². The van der Waals surface area contributed by atoms with Crippen LogP contribution >= 0.6 is 0 Å². The molecule has 5 aromatic rings. The van der Waals surface area contributed by atoms with Crippen molar-refractivity contribution in [2.24, 2.45) is 0 Å². The van der Waals surface area contributed by atoms with Crippen LogP contribution in [-0.2, 0) is 16.8 Å². The number of nitrogens with one attached hydrogen (secondary N) is 1. The van der Waals surface area contributed by atoms with Gasteiger partial charge in [-0.05, 0) is 92.9 Å². The van der Waals surface area contributed by atoms with Crippen LogP contribution in [0.2, 0.25) is 0 Å². The molecular weight excluding hydrogens is 532 g/mol. The Morgan fingerprint density at radius 2 is 1.47 bits per heavy atom. The fourth-order valence-corrected chi connectivity index (χ4v) is 6.33. The topological polar surface area (TPSA) is 50.8 Å². The van der Waals surface area contributed by atoms with Gasteiger partial charge in [-0.3, -0.25) is 0 Å². The van der Waals surface area contributed by atoms with Gasteiger partial charge in [-0.2, -0.15) is 0 Å². The zero-order chi connectivity index (χ0) is 29.7. The Hall–Kier alpha value is -5.03. The molecule has 0 saturated heterocycles. The van der Waals surface area contributed by atoms with Crippen LogP contribution in [0.5, 0.6) is 11.5 Å². The van der Waals surface area contributed by atoms with Crippen LogP contribution in [0.15, 0.2) is 103 Å². The summed E-state index contributed by atoms with van der Waals surface area (Å²) in [6, 6.07) is 35.0. The highest BCUT2D eigenvalue weighted by Crippen LogP contribution is 2.57. The van der Waals surface area contributed by atoms with E-state index in [1.807, 2.05) is 30.3 Å². The Balaban J connectivity index is 1.38. The van der Waals surface area contributed by atoms with Crippen LogP contribution in [0.3, 0.4) is 0 Å². The van der Waals surface area contributed by atoms with E-state index in [2.05, 4.69) is 111 Å². The molecule has 0 radical (unpaired) electrons. The molecule has 0 saturated carbocycles. The summed E-state index contributed by atoms with van der Waals surface area (Å²) in [5, 5.41) is 3.57. The molecule has 2 aliphatic rings. The summed E-state index contributed by atoms with van der Waals surface area (Å²) in [6.45, 7) is 9.23. The molecular formula is C38H34N2O3. The Labute approximate surface area is 252 Å². The van der Waals surface area contributed by atoms with Crippen LogP contribution in [0.25, 0.3) is 0 Å². The molecule has 1 spiro atoms. The second kappa shape index (κ2) is 10.4. The minimum Gasteiger partial charge on any atom is -0.456 e. The van der Waals surface area contributed by atoms with E-state index < -0.39 is 5.60 Å². The van der Waals surface area contributed by atoms with E-state index in [4.69, 9.17) is 9.47 Å². The summed E-state index contributed by atoms with van der Waals surface area (Å²) in [6.07, 6.45) is 1.00. The summed E-state index contributed by atoms with van der Waals surface area (Å²) >= 11 is 0. The molecule has 0 bridgehead atoms. The lowest BCUT2D eigenvalue weighted by molar-refractivity contribution is 0.0224. The molecule has 1 unspecified atom stereocenters. The highest BCUT2D eigenvalue weighted by molar-refractivity contribution is 5.97. The number of carbonyl (C=O) groups is 1. The van der Waals surface area contributed by atoms with E-state index in [-0.39, 0.29) is 5.97 Å². The quantitative estimate of drug-likeness (QED) is 0.208. The molecule has 0 amide bonds. The van der Waals surface area contributed by atoms with Gasteiger partial charge in [-0.15, -0.1) is 0 Å². The molecule has 2 heterocycles. The van der Waals surface area contributed by atoms with Crippen molar-refractivity contribution in [2.75, 3.05) is 16.8 Å². The molecule has 5 nitrogen and oxygen atoms in total. The number of nitrogens with zero attached hydrogens (tertiary/aromatic N) is 1. The number of hydrogen-bond donors (Lipinski definition) is 1. The van der Waals surface area contributed by atoms with E-state index in [1.54, 1.807) is 0 Å². The Kier molecular flexibility index (Phi) is 6.46. The van der Waals surface area contributed by atoms with E-state index >= 15 is 0 Å². The average Bonchev–Trinajstić information content (AvgIpc) is 3.32. The third-order valence-electron chi connectivity index (χ3n) is 8.66. The van der Waals surface area contributed by atoms with E-state index in [9.17, 15) is 4.79 Å². The van der Waals surface area contributed by atoms with Crippen molar-refractivity contribution in [1.82, 2.24) is 0 Å². The van der Waals surface area contributed by atoms with Gasteiger partial charge >= 0.3 is 5.97 Å². The van der Waals surface area contributed by atoms with Crippen molar-refractivity contribution < 1.29 is 14.3 Å². The second-order valence-corrected chi connectivity index (χ2v) is 11.3. The third kappa shape index (κ3) is 4.35. The number of aryl methyl sites for hydroxylation is 3. The van der Waals surface area contributed by atoms with Gasteiger partial charge in [0.25, 0.3) is 0 Å². The molecule has 0 aliphatic carbocycles. The summed E-state index contributed by atoms with van der Waals surface area (Å²) in [5.74, 6) is 1.02. The Morgan fingerprint density at radius 1 is 0.744 bits per heavy atom. The number of esters is 1. The lowest BCUT2D eigenvalue weighted by atomic mass is 9.77. The maximum Gasteiger partial charge on any atom is 0.340 e. The van der Waals surface area contributed by atoms with Crippen molar-refractivity contribution in [1.29, 1.82) is 0 Å². The van der Waals surface area contributed by atoms with Crippen molar-refractivity contribution in [3.8, 4) is 11.5 Å². The maximum absolute atomic E-state index is 13.4. The number of ether oxygens (including phenoxy) is 2. The number of fused-ring (bicyclic) bond motifs is 6. The first-order valence-corrected chi connectivity index (χ1v) is 14.9. The standard InChI is InChI=1S/C38H34N2O3/c1-5-26-13-17-28(18-14-26)40(6-2)29-19-20-32-36(22-29)42-35-21-25(4)34(39-27-15-11-24(3)12-16-27)23-33(35)38(32)31-10-8-7-9-30(31)37(41)43-38/h7-23,39H,5-6H2,1-4H3. The lowest BCUT2D eigenvalue weighted by Crippen LogP contribution is -2.33. The predicted molar refractivity (Wildman–Crippen MR) is 172 cm³/mol. The molecule has 0 aromatic heterocycles. The Bertz CT molecular complexity index is 1860. The summed E-state index contributed by atoms with van der Waals surface area (Å²) in [4.78, 5) is 15.7. The van der Waals surface area contributed by atoms with E-state index in [1.165, 1.54) is 11.1 Å². The fourth-order valence-electron chi connectivity index (χ4n) is 6.33. The number of benzene rings is 5. The van der Waals surface area contributed by atoms with Crippen molar-refractivity contribution >= 4 is 28.7 Å². The maximum atomic E-state index is 13.4. The van der Waals surface area contributed by atoms with Crippen molar-refractivity contribution in [3.05, 3.63) is 142 Å². The summed E-state index contributed by atoms with van der Waals surface area (Å²) in [5.41, 5.74) is 9.45. The first kappa shape index (κ1) is 26.8. The predicted octanol–water partition coefficient (Wildman–Crippen LogP) is 9.34. The molecule has 1 atom stereocenters.